The van der Waals surface area contributed by atoms with E-state index in [4.69, 9.17) is 10.8 Å². The smallest absolute Gasteiger partial charge is 0.354 e. The van der Waals surface area contributed by atoms with Crippen LogP contribution in [-0.4, -0.2) is 23.8 Å². The van der Waals surface area contributed by atoms with Crippen LogP contribution in [0.25, 0.3) is 0 Å². The molecule has 0 radical (unpaired) electrons. The molecule has 0 aromatic heterocycles. The number of nitrogens with two attached hydrogens (primary N) is 1. The van der Waals surface area contributed by atoms with E-state index in [9.17, 15) is 4.79 Å². The van der Waals surface area contributed by atoms with Gasteiger partial charge in [-0.25, -0.2) is 4.79 Å². The molecule has 0 aliphatic carbocycles. The lowest BCUT2D eigenvalue weighted by Gasteiger charge is -1.95. The van der Waals surface area contributed by atoms with Crippen molar-refractivity contribution in [3.8, 4) is 0 Å². The maximum atomic E-state index is 10.4. The summed E-state index contributed by atoms with van der Waals surface area (Å²) in [5.41, 5.74) is 5.92. The fourth-order valence-corrected chi connectivity index (χ4v) is 0.500. The van der Waals surface area contributed by atoms with Crippen molar-refractivity contribution >= 4 is 11.7 Å². The topological polar surface area (TPSA) is 75.7 Å². The molecule has 0 amide bonds. The Morgan fingerprint density at radius 2 is 2.27 bits per heavy atom. The summed E-state index contributed by atoms with van der Waals surface area (Å²) >= 11 is 0. The molecule has 4 heteroatoms. The van der Waals surface area contributed by atoms with Crippen LogP contribution in [0.15, 0.2) is 16.8 Å². The van der Waals surface area contributed by atoms with Crippen LogP contribution in [0.3, 0.4) is 0 Å². The zero-order valence-electron chi connectivity index (χ0n) is 6.66. The van der Waals surface area contributed by atoms with Crippen LogP contribution >= 0.6 is 0 Å². The van der Waals surface area contributed by atoms with Crippen LogP contribution in [0.2, 0.25) is 0 Å². The summed E-state index contributed by atoms with van der Waals surface area (Å²) in [7, 11) is 1.42. The van der Waals surface area contributed by atoms with Gasteiger partial charge in [0.2, 0.25) is 0 Å². The largest absolute Gasteiger partial charge is 0.477 e. The van der Waals surface area contributed by atoms with Gasteiger partial charge in [-0.05, 0) is 12.5 Å². The molecular formula is C7H12N2O2. The van der Waals surface area contributed by atoms with Crippen LogP contribution in [0.4, 0.5) is 0 Å². The minimum Gasteiger partial charge on any atom is -0.477 e. The molecule has 0 aromatic carbocycles. The van der Waals surface area contributed by atoms with Crippen molar-refractivity contribution in [3.05, 3.63) is 11.8 Å². The van der Waals surface area contributed by atoms with Crippen molar-refractivity contribution in [2.75, 3.05) is 7.05 Å². The van der Waals surface area contributed by atoms with Crippen LogP contribution in [0.1, 0.15) is 13.3 Å². The minimum absolute atomic E-state index is 0.00986. The standard InChI is InChI=1S/C7H12N2O2/c1-3-5(8)4-6(9-2)7(10)11/h4H,3,8H2,1-2H3,(H,10,11)/b5-4-,9-6?. The highest BCUT2D eigenvalue weighted by molar-refractivity contribution is 6.40. The molecule has 0 rings (SSSR count). The van der Waals surface area contributed by atoms with Crippen LogP contribution < -0.4 is 5.73 Å². The van der Waals surface area contributed by atoms with E-state index in [1.54, 1.807) is 0 Å². The molecule has 0 saturated carbocycles. The van der Waals surface area contributed by atoms with Gasteiger partial charge in [-0.3, -0.25) is 4.99 Å². The molecule has 0 atom stereocenters. The third-order valence-electron chi connectivity index (χ3n) is 1.19. The van der Waals surface area contributed by atoms with E-state index < -0.39 is 5.97 Å². The second-order valence-electron chi connectivity index (χ2n) is 1.99. The molecule has 0 heterocycles. The molecule has 0 aliphatic rings. The highest BCUT2D eigenvalue weighted by Gasteiger charge is 2.03. The maximum Gasteiger partial charge on any atom is 0.354 e. The number of carboxylic acid groups (broad SMARTS) is 1. The van der Waals surface area contributed by atoms with E-state index in [1.807, 2.05) is 6.92 Å². The zero-order valence-corrected chi connectivity index (χ0v) is 6.66. The second kappa shape index (κ2) is 4.49. The van der Waals surface area contributed by atoms with Crippen molar-refractivity contribution in [1.82, 2.24) is 0 Å². The monoisotopic (exact) mass is 156 g/mol. The molecule has 0 saturated heterocycles. The summed E-state index contributed by atoms with van der Waals surface area (Å²) in [6, 6.07) is 0. The van der Waals surface area contributed by atoms with Crippen molar-refractivity contribution in [1.29, 1.82) is 0 Å². The summed E-state index contributed by atoms with van der Waals surface area (Å²) in [5.74, 6) is -1.05. The quantitative estimate of drug-likeness (QED) is 0.580. The lowest BCUT2D eigenvalue weighted by Crippen LogP contribution is -2.12. The number of hydrogen-bond acceptors (Lipinski definition) is 3. The fourth-order valence-electron chi connectivity index (χ4n) is 0.500. The Labute approximate surface area is 65.4 Å². The first kappa shape index (κ1) is 9.68. The van der Waals surface area contributed by atoms with E-state index in [0.717, 1.165) is 0 Å². The van der Waals surface area contributed by atoms with E-state index in [2.05, 4.69) is 4.99 Å². The predicted molar refractivity (Wildman–Crippen MR) is 43.6 cm³/mol. The van der Waals surface area contributed by atoms with Gasteiger partial charge in [0, 0.05) is 12.7 Å². The second-order valence-corrected chi connectivity index (χ2v) is 1.99. The lowest BCUT2D eigenvalue weighted by atomic mass is 10.2. The van der Waals surface area contributed by atoms with E-state index in [-0.39, 0.29) is 5.71 Å². The normalized spacial score (nSPS) is 13.3. The van der Waals surface area contributed by atoms with Gasteiger partial charge in [0.1, 0.15) is 5.71 Å². The fraction of sp³-hybridized carbons (Fsp3) is 0.429. The highest BCUT2D eigenvalue weighted by Crippen LogP contribution is 1.92. The molecule has 0 spiro atoms. The number of allylic oxidation sites excluding steroid dienone is 1. The SMILES string of the molecule is CC/C(N)=C/C(=NC)C(=O)O. The van der Waals surface area contributed by atoms with E-state index in [1.165, 1.54) is 13.1 Å². The number of aliphatic imine (C=N–C) groups is 1. The summed E-state index contributed by atoms with van der Waals surface area (Å²) in [6.07, 6.45) is 1.99. The Kier molecular flexibility index (Phi) is 3.95. The number of hydrogen-bond donors (Lipinski definition) is 2. The number of rotatable bonds is 3. The van der Waals surface area contributed by atoms with Gasteiger partial charge in [-0.2, -0.15) is 0 Å². The number of carboxylic acids is 1. The molecule has 0 unspecified atom stereocenters. The van der Waals surface area contributed by atoms with Crippen LogP contribution in [0, 0.1) is 0 Å². The van der Waals surface area contributed by atoms with Gasteiger partial charge in [0.05, 0.1) is 0 Å². The van der Waals surface area contributed by atoms with Gasteiger partial charge in [-0.1, -0.05) is 6.92 Å². The van der Waals surface area contributed by atoms with Crippen molar-refractivity contribution < 1.29 is 9.90 Å². The summed E-state index contributed by atoms with van der Waals surface area (Å²) in [6.45, 7) is 1.85. The van der Waals surface area contributed by atoms with E-state index in [0.29, 0.717) is 12.1 Å². The van der Waals surface area contributed by atoms with Gasteiger partial charge in [0.15, 0.2) is 0 Å². The Morgan fingerprint density at radius 3 is 2.55 bits per heavy atom. The Balaban J connectivity index is 4.45. The third kappa shape index (κ3) is 3.40. The van der Waals surface area contributed by atoms with E-state index >= 15 is 0 Å². The number of nitrogens with zero attached hydrogens (tertiary/aromatic N) is 1. The number of carbonyl (C=O) groups is 1. The first-order valence-corrected chi connectivity index (χ1v) is 3.28. The molecule has 0 bridgehead atoms. The Bertz CT molecular complexity index is 206. The lowest BCUT2D eigenvalue weighted by molar-refractivity contribution is -0.129. The molecule has 0 aromatic rings. The summed E-state index contributed by atoms with van der Waals surface area (Å²) in [5, 5.41) is 8.49. The van der Waals surface area contributed by atoms with Gasteiger partial charge in [-0.15, -0.1) is 0 Å². The van der Waals surface area contributed by atoms with Gasteiger partial charge >= 0.3 is 5.97 Å². The van der Waals surface area contributed by atoms with Gasteiger partial charge < -0.3 is 10.8 Å². The average molecular weight is 156 g/mol. The summed E-state index contributed by atoms with van der Waals surface area (Å²) in [4.78, 5) is 13.9. The molecule has 3 N–H and O–H groups in total. The van der Waals surface area contributed by atoms with Crippen molar-refractivity contribution in [2.24, 2.45) is 10.7 Å². The van der Waals surface area contributed by atoms with Crippen molar-refractivity contribution in [3.63, 3.8) is 0 Å². The molecule has 0 aliphatic heterocycles. The van der Waals surface area contributed by atoms with Crippen LogP contribution in [-0.2, 0) is 4.79 Å². The average Bonchev–Trinajstić information content (AvgIpc) is 1.99. The highest BCUT2D eigenvalue weighted by atomic mass is 16.4. The first-order valence-electron chi connectivity index (χ1n) is 3.28. The first-order chi connectivity index (χ1) is 5.11. The molecule has 62 valence electrons. The zero-order chi connectivity index (χ0) is 8.85. The molecule has 0 fully saturated rings. The molecule has 4 nitrogen and oxygen atoms in total. The summed E-state index contributed by atoms with van der Waals surface area (Å²) < 4.78 is 0. The molecular weight excluding hydrogens is 144 g/mol. The van der Waals surface area contributed by atoms with Gasteiger partial charge in [0.25, 0.3) is 0 Å². The Morgan fingerprint density at radius 1 is 1.73 bits per heavy atom. The third-order valence-corrected chi connectivity index (χ3v) is 1.19. The maximum absolute atomic E-state index is 10.4. The molecule has 11 heavy (non-hydrogen) atoms. The van der Waals surface area contributed by atoms with Crippen molar-refractivity contribution in [2.45, 2.75) is 13.3 Å². The number of aliphatic carboxylic acids is 1. The van der Waals surface area contributed by atoms with Crippen LogP contribution in [0.5, 0.6) is 0 Å². The minimum atomic E-state index is -1.05. The predicted octanol–water partition coefficient (Wildman–Crippen LogP) is 0.394. The Hall–Kier alpha value is -1.32.